The molecule has 2 aromatic heterocycles. The highest BCUT2D eigenvalue weighted by Gasteiger charge is 2.33. The molecule has 0 aliphatic rings. The standard InChI is InChI=1S/C10H10F3N7S/c1-16-8-17-4(10(11,12)13)2-7(20-8)21-9-18-5(14)3-6(15)19-9/h2-3H,1H3,(H,16,17,20)(H4,14,15,18,19). The van der Waals surface area contributed by atoms with Gasteiger partial charge in [0.1, 0.15) is 16.7 Å². The van der Waals surface area contributed by atoms with Crippen molar-refractivity contribution in [1.29, 1.82) is 0 Å². The fourth-order valence-corrected chi connectivity index (χ4v) is 2.13. The molecule has 7 nitrogen and oxygen atoms in total. The Morgan fingerprint density at radius 2 is 1.67 bits per heavy atom. The van der Waals surface area contributed by atoms with E-state index in [4.69, 9.17) is 11.5 Å². The number of nitrogens with one attached hydrogen (secondary N) is 1. The average Bonchev–Trinajstić information content (AvgIpc) is 2.36. The molecule has 0 aliphatic heterocycles. The zero-order chi connectivity index (χ0) is 15.6. The molecule has 0 atom stereocenters. The van der Waals surface area contributed by atoms with Crippen molar-refractivity contribution in [3.63, 3.8) is 0 Å². The number of nitrogen functional groups attached to an aromatic ring is 2. The molecule has 21 heavy (non-hydrogen) atoms. The molecule has 2 aromatic rings. The van der Waals surface area contributed by atoms with Crippen LogP contribution in [-0.2, 0) is 6.18 Å². The summed E-state index contributed by atoms with van der Waals surface area (Å²) in [5.74, 6) is 0.0667. The van der Waals surface area contributed by atoms with Crippen molar-refractivity contribution in [2.75, 3.05) is 23.8 Å². The molecule has 11 heteroatoms. The van der Waals surface area contributed by atoms with Gasteiger partial charge >= 0.3 is 6.18 Å². The van der Waals surface area contributed by atoms with E-state index in [1.165, 1.54) is 13.1 Å². The first-order valence-electron chi connectivity index (χ1n) is 5.50. The molecule has 0 radical (unpaired) electrons. The summed E-state index contributed by atoms with van der Waals surface area (Å²) in [6.45, 7) is 0. The summed E-state index contributed by atoms with van der Waals surface area (Å²) in [6, 6.07) is 2.14. The number of anilines is 3. The maximum atomic E-state index is 12.8. The SMILES string of the molecule is CNc1nc(Sc2nc(N)cc(N)n2)cc(C(F)(F)F)n1. The second-order valence-electron chi connectivity index (χ2n) is 3.77. The van der Waals surface area contributed by atoms with Gasteiger partial charge in [-0.25, -0.2) is 19.9 Å². The van der Waals surface area contributed by atoms with Gasteiger partial charge in [-0.15, -0.1) is 0 Å². The van der Waals surface area contributed by atoms with Gasteiger partial charge in [0.05, 0.1) is 0 Å². The Morgan fingerprint density at radius 3 is 2.19 bits per heavy atom. The minimum Gasteiger partial charge on any atom is -0.383 e. The van der Waals surface area contributed by atoms with Crippen molar-refractivity contribution in [2.45, 2.75) is 16.4 Å². The third-order valence-electron chi connectivity index (χ3n) is 2.16. The zero-order valence-electron chi connectivity index (χ0n) is 10.6. The van der Waals surface area contributed by atoms with Crippen molar-refractivity contribution in [2.24, 2.45) is 0 Å². The number of nitrogens with zero attached hydrogens (tertiary/aromatic N) is 4. The van der Waals surface area contributed by atoms with E-state index >= 15 is 0 Å². The maximum Gasteiger partial charge on any atom is 0.433 e. The first-order chi connectivity index (χ1) is 9.77. The first kappa shape index (κ1) is 15.1. The molecule has 0 unspecified atom stereocenters. The lowest BCUT2D eigenvalue weighted by Crippen LogP contribution is -2.11. The highest BCUT2D eigenvalue weighted by atomic mass is 32.2. The predicted molar refractivity (Wildman–Crippen MR) is 71.6 cm³/mol. The van der Waals surface area contributed by atoms with Crippen molar-refractivity contribution in [3.05, 3.63) is 17.8 Å². The smallest absolute Gasteiger partial charge is 0.383 e. The summed E-state index contributed by atoms with van der Waals surface area (Å²) < 4.78 is 38.3. The largest absolute Gasteiger partial charge is 0.433 e. The number of aromatic nitrogens is 4. The highest BCUT2D eigenvalue weighted by molar-refractivity contribution is 7.99. The van der Waals surface area contributed by atoms with Crippen LogP contribution in [0, 0.1) is 0 Å². The minimum absolute atomic E-state index is 0.0201. The summed E-state index contributed by atoms with van der Waals surface area (Å²) in [5, 5.41) is 2.58. The Morgan fingerprint density at radius 1 is 1.05 bits per heavy atom. The molecule has 2 heterocycles. The molecular weight excluding hydrogens is 307 g/mol. The molecule has 2 rings (SSSR count). The lowest BCUT2D eigenvalue weighted by atomic mass is 10.4. The van der Waals surface area contributed by atoms with Crippen molar-refractivity contribution in [3.8, 4) is 0 Å². The molecule has 0 saturated heterocycles. The fourth-order valence-electron chi connectivity index (χ4n) is 1.34. The van der Waals surface area contributed by atoms with Crippen molar-refractivity contribution < 1.29 is 13.2 Å². The number of rotatable bonds is 3. The maximum absolute atomic E-state index is 12.8. The van der Waals surface area contributed by atoms with Crippen LogP contribution in [0.2, 0.25) is 0 Å². The van der Waals surface area contributed by atoms with Crippen LogP contribution < -0.4 is 16.8 Å². The summed E-state index contributed by atoms with van der Waals surface area (Å²) in [5.41, 5.74) is 9.93. The van der Waals surface area contributed by atoms with Gasteiger partial charge in [0.2, 0.25) is 5.95 Å². The number of nitrogens with two attached hydrogens (primary N) is 2. The van der Waals surface area contributed by atoms with Crippen LogP contribution in [0.1, 0.15) is 5.69 Å². The van der Waals surface area contributed by atoms with E-state index in [0.717, 1.165) is 17.8 Å². The third kappa shape index (κ3) is 3.84. The first-order valence-corrected chi connectivity index (χ1v) is 6.31. The molecule has 0 aromatic carbocycles. The fraction of sp³-hybridized carbons (Fsp3) is 0.200. The zero-order valence-corrected chi connectivity index (χ0v) is 11.5. The van der Waals surface area contributed by atoms with E-state index in [9.17, 15) is 13.2 Å². The van der Waals surface area contributed by atoms with Gasteiger partial charge in [-0.1, -0.05) is 0 Å². The van der Waals surface area contributed by atoms with E-state index in [1.807, 2.05) is 0 Å². The Bertz CT molecular complexity index is 641. The summed E-state index contributed by atoms with van der Waals surface area (Å²) >= 11 is 0.802. The van der Waals surface area contributed by atoms with Crippen LogP contribution in [0.25, 0.3) is 0 Å². The molecule has 0 saturated carbocycles. The lowest BCUT2D eigenvalue weighted by Gasteiger charge is -2.09. The second-order valence-corrected chi connectivity index (χ2v) is 4.75. The topological polar surface area (TPSA) is 116 Å². The Hall–Kier alpha value is -2.30. The molecule has 0 spiro atoms. The molecular formula is C10H10F3N7S. The van der Waals surface area contributed by atoms with E-state index in [-0.39, 0.29) is 27.8 Å². The number of hydrogen-bond donors (Lipinski definition) is 3. The van der Waals surface area contributed by atoms with E-state index in [2.05, 4.69) is 25.3 Å². The van der Waals surface area contributed by atoms with E-state index in [0.29, 0.717) is 0 Å². The van der Waals surface area contributed by atoms with Gasteiger partial charge in [0.25, 0.3) is 0 Å². The third-order valence-corrected chi connectivity index (χ3v) is 2.94. The van der Waals surface area contributed by atoms with E-state index < -0.39 is 11.9 Å². The Kier molecular flexibility index (Phi) is 4.02. The normalized spacial score (nSPS) is 11.4. The Labute approximate surface area is 121 Å². The van der Waals surface area contributed by atoms with Crippen LogP contribution in [0.15, 0.2) is 22.3 Å². The van der Waals surface area contributed by atoms with Crippen LogP contribution in [0.5, 0.6) is 0 Å². The molecule has 112 valence electrons. The molecule has 0 aliphatic carbocycles. The molecule has 0 amide bonds. The monoisotopic (exact) mass is 317 g/mol. The quantitative estimate of drug-likeness (QED) is 0.578. The lowest BCUT2D eigenvalue weighted by molar-refractivity contribution is -0.141. The highest BCUT2D eigenvalue weighted by Crippen LogP contribution is 2.32. The minimum atomic E-state index is -4.58. The summed E-state index contributed by atoms with van der Waals surface area (Å²) in [6.07, 6.45) is -4.58. The number of alkyl halides is 3. The van der Waals surface area contributed by atoms with Crippen molar-refractivity contribution in [1.82, 2.24) is 19.9 Å². The van der Waals surface area contributed by atoms with Crippen LogP contribution in [0.4, 0.5) is 30.8 Å². The van der Waals surface area contributed by atoms with Gasteiger partial charge in [0, 0.05) is 19.2 Å². The van der Waals surface area contributed by atoms with Gasteiger partial charge in [-0.3, -0.25) is 0 Å². The molecule has 0 fully saturated rings. The summed E-state index contributed by atoms with van der Waals surface area (Å²) in [7, 11) is 1.42. The molecule has 0 bridgehead atoms. The summed E-state index contributed by atoms with van der Waals surface area (Å²) in [4.78, 5) is 15.0. The van der Waals surface area contributed by atoms with Gasteiger partial charge in [-0.05, 0) is 11.8 Å². The average molecular weight is 317 g/mol. The van der Waals surface area contributed by atoms with Crippen LogP contribution in [-0.4, -0.2) is 27.0 Å². The van der Waals surface area contributed by atoms with Crippen LogP contribution >= 0.6 is 11.8 Å². The Balaban J connectivity index is 2.39. The van der Waals surface area contributed by atoms with Gasteiger partial charge in [-0.2, -0.15) is 13.2 Å². The van der Waals surface area contributed by atoms with Crippen LogP contribution in [0.3, 0.4) is 0 Å². The van der Waals surface area contributed by atoms with E-state index in [1.54, 1.807) is 0 Å². The second kappa shape index (κ2) is 5.60. The van der Waals surface area contributed by atoms with Crippen molar-refractivity contribution >= 4 is 29.3 Å². The number of hydrogen-bond acceptors (Lipinski definition) is 8. The van der Waals surface area contributed by atoms with Gasteiger partial charge < -0.3 is 16.8 Å². The number of halogens is 3. The van der Waals surface area contributed by atoms with Gasteiger partial charge in [0.15, 0.2) is 10.9 Å². The predicted octanol–water partition coefficient (Wildman–Crippen LogP) is 1.64. The molecule has 5 N–H and O–H groups in total.